The summed E-state index contributed by atoms with van der Waals surface area (Å²) in [6.45, 7) is 0.138. The molecule has 3 aromatic rings. The van der Waals surface area contributed by atoms with Gasteiger partial charge in [0.15, 0.2) is 0 Å². The number of fused-ring (bicyclic) bond motifs is 1. The Labute approximate surface area is 142 Å². The van der Waals surface area contributed by atoms with Gasteiger partial charge in [-0.25, -0.2) is 10.4 Å². The van der Waals surface area contributed by atoms with Crippen LogP contribution < -0.4 is 5.43 Å². The molecule has 3 rings (SSSR count). The molecule has 0 saturated heterocycles. The van der Waals surface area contributed by atoms with Crippen LogP contribution in [0.3, 0.4) is 0 Å². The van der Waals surface area contributed by atoms with E-state index in [0.717, 1.165) is 16.6 Å². The van der Waals surface area contributed by atoms with E-state index in [1.54, 1.807) is 29.1 Å². The first kappa shape index (κ1) is 15.5. The minimum atomic E-state index is -0.246. The number of carbonyl (C=O) groups excluding carboxylic acids is 1. The summed E-state index contributed by atoms with van der Waals surface area (Å²) in [5.41, 5.74) is 4.96. The van der Waals surface area contributed by atoms with Crippen LogP contribution in [0.1, 0.15) is 5.56 Å². The van der Waals surface area contributed by atoms with Gasteiger partial charge in [0.1, 0.15) is 6.54 Å². The van der Waals surface area contributed by atoms with Crippen molar-refractivity contribution in [1.82, 2.24) is 15.0 Å². The second-order valence-electron chi connectivity index (χ2n) is 4.83. The van der Waals surface area contributed by atoms with Crippen molar-refractivity contribution < 1.29 is 4.79 Å². The van der Waals surface area contributed by atoms with Crippen LogP contribution in [0.5, 0.6) is 0 Å². The van der Waals surface area contributed by atoms with Crippen LogP contribution in [-0.4, -0.2) is 21.7 Å². The topological polar surface area (TPSA) is 59.3 Å². The van der Waals surface area contributed by atoms with Crippen molar-refractivity contribution in [3.8, 4) is 0 Å². The molecule has 5 nitrogen and oxygen atoms in total. The van der Waals surface area contributed by atoms with Gasteiger partial charge in [-0.15, -0.1) is 0 Å². The zero-order chi connectivity index (χ0) is 16.2. The van der Waals surface area contributed by atoms with Crippen LogP contribution in [0.4, 0.5) is 0 Å². The van der Waals surface area contributed by atoms with Crippen molar-refractivity contribution in [2.75, 3.05) is 0 Å². The molecule has 0 aliphatic rings. The highest BCUT2D eigenvalue weighted by molar-refractivity contribution is 6.42. The second kappa shape index (κ2) is 6.81. The Morgan fingerprint density at radius 3 is 2.87 bits per heavy atom. The van der Waals surface area contributed by atoms with Gasteiger partial charge in [-0.1, -0.05) is 41.4 Å². The Balaban J connectivity index is 1.63. The lowest BCUT2D eigenvalue weighted by Crippen LogP contribution is -2.22. The molecule has 0 spiro atoms. The average molecular weight is 347 g/mol. The zero-order valence-electron chi connectivity index (χ0n) is 11.9. The summed E-state index contributed by atoms with van der Waals surface area (Å²) in [5, 5.41) is 4.82. The monoisotopic (exact) mass is 346 g/mol. The van der Waals surface area contributed by atoms with Crippen molar-refractivity contribution in [3.05, 3.63) is 64.4 Å². The summed E-state index contributed by atoms with van der Waals surface area (Å²) in [6, 6.07) is 12.7. The number of nitrogens with one attached hydrogen (secondary N) is 1. The Hall–Kier alpha value is -2.37. The molecule has 23 heavy (non-hydrogen) atoms. The van der Waals surface area contributed by atoms with E-state index in [1.165, 1.54) is 6.21 Å². The predicted molar refractivity (Wildman–Crippen MR) is 91.9 cm³/mol. The van der Waals surface area contributed by atoms with Gasteiger partial charge in [-0.2, -0.15) is 5.10 Å². The number of imidazole rings is 1. The van der Waals surface area contributed by atoms with E-state index >= 15 is 0 Å². The van der Waals surface area contributed by atoms with Crippen molar-refractivity contribution >= 4 is 46.4 Å². The molecule has 2 aromatic carbocycles. The maximum absolute atomic E-state index is 11.9. The highest BCUT2D eigenvalue weighted by Crippen LogP contribution is 2.21. The van der Waals surface area contributed by atoms with Gasteiger partial charge in [-0.3, -0.25) is 4.79 Å². The molecule has 0 saturated carbocycles. The van der Waals surface area contributed by atoms with Gasteiger partial charge in [-0.05, 0) is 29.8 Å². The average Bonchev–Trinajstić information content (AvgIpc) is 2.94. The van der Waals surface area contributed by atoms with Crippen molar-refractivity contribution in [3.63, 3.8) is 0 Å². The van der Waals surface area contributed by atoms with E-state index in [-0.39, 0.29) is 12.5 Å². The summed E-state index contributed by atoms with van der Waals surface area (Å²) in [7, 11) is 0. The van der Waals surface area contributed by atoms with E-state index in [2.05, 4.69) is 15.5 Å². The largest absolute Gasteiger partial charge is 0.321 e. The van der Waals surface area contributed by atoms with Crippen LogP contribution in [0, 0.1) is 0 Å². The maximum atomic E-state index is 11.9. The first-order valence-corrected chi connectivity index (χ1v) is 7.56. The lowest BCUT2D eigenvalue weighted by Gasteiger charge is -2.03. The molecular formula is C16H12Cl2N4O. The van der Waals surface area contributed by atoms with E-state index in [1.807, 2.05) is 24.3 Å². The van der Waals surface area contributed by atoms with E-state index in [0.29, 0.717) is 10.0 Å². The van der Waals surface area contributed by atoms with Crippen LogP contribution in [0.2, 0.25) is 10.0 Å². The minimum Gasteiger partial charge on any atom is -0.321 e. The predicted octanol–water partition coefficient (Wildman–Crippen LogP) is 3.49. The quantitative estimate of drug-likeness (QED) is 0.580. The number of amides is 1. The third-order valence-electron chi connectivity index (χ3n) is 3.19. The van der Waals surface area contributed by atoms with Crippen molar-refractivity contribution in [2.24, 2.45) is 5.10 Å². The number of carbonyl (C=O) groups is 1. The van der Waals surface area contributed by atoms with E-state index in [9.17, 15) is 4.79 Å². The molecule has 1 amide bonds. The number of hydrazone groups is 1. The van der Waals surface area contributed by atoms with Gasteiger partial charge in [0.05, 0.1) is 33.6 Å². The van der Waals surface area contributed by atoms with Gasteiger partial charge in [0.2, 0.25) is 0 Å². The third kappa shape index (κ3) is 3.70. The molecule has 0 radical (unpaired) electrons. The smallest absolute Gasteiger partial charge is 0.260 e. The Morgan fingerprint density at radius 1 is 1.22 bits per heavy atom. The number of nitrogens with zero attached hydrogens (tertiary/aromatic N) is 3. The Kier molecular flexibility index (Phi) is 4.60. The summed E-state index contributed by atoms with van der Waals surface area (Å²) in [6.07, 6.45) is 3.14. The molecule has 0 aliphatic carbocycles. The number of aromatic nitrogens is 2. The normalized spacial score (nSPS) is 11.2. The van der Waals surface area contributed by atoms with Gasteiger partial charge >= 0.3 is 0 Å². The van der Waals surface area contributed by atoms with Crippen LogP contribution in [0.25, 0.3) is 11.0 Å². The van der Waals surface area contributed by atoms with Crippen LogP contribution in [-0.2, 0) is 11.3 Å². The highest BCUT2D eigenvalue weighted by atomic mass is 35.5. The SMILES string of the molecule is O=C(Cn1cnc2ccccc21)NN=Cc1ccc(Cl)c(Cl)c1. The number of benzene rings is 2. The molecule has 1 aromatic heterocycles. The Morgan fingerprint density at radius 2 is 2.04 bits per heavy atom. The first-order chi connectivity index (χ1) is 11.1. The summed E-state index contributed by atoms with van der Waals surface area (Å²) < 4.78 is 1.76. The van der Waals surface area contributed by atoms with Crippen LogP contribution >= 0.6 is 23.2 Å². The fourth-order valence-corrected chi connectivity index (χ4v) is 2.40. The first-order valence-electron chi connectivity index (χ1n) is 6.80. The van der Waals surface area contributed by atoms with E-state index < -0.39 is 0 Å². The highest BCUT2D eigenvalue weighted by Gasteiger charge is 2.05. The lowest BCUT2D eigenvalue weighted by molar-refractivity contribution is -0.121. The minimum absolute atomic E-state index is 0.138. The van der Waals surface area contributed by atoms with Crippen molar-refractivity contribution in [2.45, 2.75) is 6.54 Å². The number of hydrogen-bond acceptors (Lipinski definition) is 3. The van der Waals surface area contributed by atoms with Gasteiger partial charge in [0.25, 0.3) is 5.91 Å². The molecule has 0 fully saturated rings. The molecule has 0 bridgehead atoms. The third-order valence-corrected chi connectivity index (χ3v) is 3.93. The Bertz CT molecular complexity index is 889. The molecule has 7 heteroatoms. The standard InChI is InChI=1S/C16H12Cl2N4O/c17-12-6-5-11(7-13(12)18)8-20-21-16(23)9-22-10-19-14-3-1-2-4-15(14)22/h1-8,10H,9H2,(H,21,23). The van der Waals surface area contributed by atoms with E-state index in [4.69, 9.17) is 23.2 Å². The number of halogens is 2. The number of rotatable bonds is 4. The van der Waals surface area contributed by atoms with Crippen molar-refractivity contribution in [1.29, 1.82) is 0 Å². The molecule has 1 heterocycles. The number of para-hydroxylation sites is 2. The molecule has 0 atom stereocenters. The molecule has 0 aliphatic heterocycles. The fraction of sp³-hybridized carbons (Fsp3) is 0.0625. The molecule has 1 N–H and O–H groups in total. The summed E-state index contributed by atoms with van der Waals surface area (Å²) in [5.74, 6) is -0.246. The zero-order valence-corrected chi connectivity index (χ0v) is 13.4. The lowest BCUT2D eigenvalue weighted by atomic mass is 10.2. The molecular weight excluding hydrogens is 335 g/mol. The summed E-state index contributed by atoms with van der Waals surface area (Å²) in [4.78, 5) is 16.2. The fourth-order valence-electron chi connectivity index (χ4n) is 2.10. The van der Waals surface area contributed by atoms with Gasteiger partial charge < -0.3 is 4.57 Å². The second-order valence-corrected chi connectivity index (χ2v) is 5.64. The maximum Gasteiger partial charge on any atom is 0.260 e. The number of hydrogen-bond donors (Lipinski definition) is 1. The molecule has 116 valence electrons. The summed E-state index contributed by atoms with van der Waals surface area (Å²) >= 11 is 11.8. The van der Waals surface area contributed by atoms with Gasteiger partial charge in [0, 0.05) is 0 Å². The van der Waals surface area contributed by atoms with Crippen LogP contribution in [0.15, 0.2) is 53.9 Å². The molecule has 0 unspecified atom stereocenters.